The number of aliphatic hydroxyl groups is 1. The number of fused-ring (bicyclic) bond motifs is 1. The summed E-state index contributed by atoms with van der Waals surface area (Å²) < 4.78 is 33.5. The summed E-state index contributed by atoms with van der Waals surface area (Å²) in [6.45, 7) is 4.68. The zero-order chi connectivity index (χ0) is 28.8. The van der Waals surface area contributed by atoms with Crippen molar-refractivity contribution in [1.82, 2.24) is 5.32 Å². The average molecular weight is 590 g/mol. The number of hydrogen-bond acceptors (Lipinski definition) is 10. The van der Waals surface area contributed by atoms with E-state index in [-0.39, 0.29) is 42.6 Å². The third-order valence-corrected chi connectivity index (χ3v) is 7.67. The maximum absolute atomic E-state index is 13.3. The monoisotopic (exact) mass is 589 g/mol. The Bertz CT molecular complexity index is 1180. The van der Waals surface area contributed by atoms with E-state index in [1.165, 1.54) is 0 Å². The number of nitrogens with one attached hydrogen (secondary N) is 1. The van der Waals surface area contributed by atoms with Gasteiger partial charge in [0, 0.05) is 42.7 Å². The van der Waals surface area contributed by atoms with Gasteiger partial charge in [-0.1, -0.05) is 29.8 Å². The average Bonchev–Trinajstić information content (AvgIpc) is 3.75. The Morgan fingerprint density at radius 2 is 1.66 bits per heavy atom. The molecule has 2 fully saturated rings. The van der Waals surface area contributed by atoms with Crippen LogP contribution >= 0.6 is 11.6 Å². The lowest BCUT2D eigenvalue weighted by atomic mass is 10.1. The van der Waals surface area contributed by atoms with Crippen molar-refractivity contribution in [1.29, 1.82) is 0 Å². The largest absolute Gasteiger partial charge is 0.459 e. The Kier molecular flexibility index (Phi) is 9.67. The minimum atomic E-state index is -2.38. The van der Waals surface area contributed by atoms with Gasteiger partial charge < -0.3 is 38.8 Å². The molecule has 2 N–H and O–H groups in total. The number of benzene rings is 2. The molecule has 4 atom stereocenters. The highest BCUT2D eigenvalue weighted by atomic mass is 35.5. The van der Waals surface area contributed by atoms with Crippen molar-refractivity contribution >= 4 is 23.5 Å². The van der Waals surface area contributed by atoms with Gasteiger partial charge in [0.1, 0.15) is 0 Å². The lowest BCUT2D eigenvalue weighted by molar-refractivity contribution is -0.204. The molecule has 0 radical (unpaired) electrons. The van der Waals surface area contributed by atoms with Crippen molar-refractivity contribution in [2.24, 2.45) is 11.8 Å². The van der Waals surface area contributed by atoms with Crippen molar-refractivity contribution in [2.75, 3.05) is 46.2 Å². The zero-order valence-corrected chi connectivity index (χ0v) is 23.8. The molecule has 2 unspecified atom stereocenters. The van der Waals surface area contributed by atoms with Crippen LogP contribution in [0.1, 0.15) is 37.0 Å². The predicted octanol–water partition coefficient (Wildman–Crippen LogP) is 3.22. The molecule has 0 aromatic heterocycles. The Morgan fingerprint density at radius 1 is 1.00 bits per heavy atom. The summed E-state index contributed by atoms with van der Waals surface area (Å²) in [5.41, 5.74) is 1.62. The second-order valence-corrected chi connectivity index (χ2v) is 11.3. The number of esters is 2. The maximum Gasteiger partial charge on any atom is 0.453 e. The second-order valence-electron chi connectivity index (χ2n) is 10.8. The Balaban J connectivity index is 1.22. The van der Waals surface area contributed by atoms with Crippen molar-refractivity contribution in [3.05, 3.63) is 58.6 Å². The van der Waals surface area contributed by atoms with Gasteiger partial charge in [0.05, 0.1) is 32.5 Å². The van der Waals surface area contributed by atoms with E-state index < -0.39 is 23.8 Å². The van der Waals surface area contributed by atoms with Gasteiger partial charge in [-0.25, -0.2) is 9.59 Å². The van der Waals surface area contributed by atoms with Gasteiger partial charge in [0.15, 0.2) is 11.5 Å². The summed E-state index contributed by atoms with van der Waals surface area (Å²) in [7, 11) is 0. The molecule has 2 aromatic carbocycles. The molecule has 2 saturated heterocycles. The van der Waals surface area contributed by atoms with Gasteiger partial charge >= 0.3 is 17.7 Å². The molecule has 5 rings (SSSR count). The Labute approximate surface area is 244 Å². The SMILES string of the molecule is C[C@H](Cc1ccc2c(c1)OC(C(=O)OCC1CCOC1)(C(=O)OCC1CCOC1)O2)NC[C@H](O)c1cccc(Cl)c1. The number of aliphatic hydroxyl groups excluding tert-OH is 1. The molecule has 0 bridgehead atoms. The zero-order valence-electron chi connectivity index (χ0n) is 23.0. The molecule has 0 amide bonds. The highest BCUT2D eigenvalue weighted by Crippen LogP contribution is 2.41. The lowest BCUT2D eigenvalue weighted by Crippen LogP contribution is -2.56. The number of rotatable bonds is 12. The molecular formula is C30H36ClNO9. The molecular weight excluding hydrogens is 554 g/mol. The molecule has 0 spiro atoms. The predicted molar refractivity (Wildman–Crippen MR) is 148 cm³/mol. The number of carbonyl (C=O) groups is 2. The quantitative estimate of drug-likeness (QED) is 0.282. The van der Waals surface area contributed by atoms with Crippen LogP contribution in [0.15, 0.2) is 42.5 Å². The lowest BCUT2D eigenvalue weighted by Gasteiger charge is -2.24. The normalized spacial score (nSPS) is 24.7. The molecule has 222 valence electrons. The second kappa shape index (κ2) is 13.4. The van der Waals surface area contributed by atoms with Gasteiger partial charge in [0.25, 0.3) is 0 Å². The fourth-order valence-corrected chi connectivity index (χ4v) is 5.20. The van der Waals surface area contributed by atoms with Crippen molar-refractivity contribution in [3.63, 3.8) is 0 Å². The molecule has 41 heavy (non-hydrogen) atoms. The highest BCUT2D eigenvalue weighted by Gasteiger charge is 2.60. The first-order valence-electron chi connectivity index (χ1n) is 14.0. The van der Waals surface area contributed by atoms with Crippen LogP contribution in [-0.4, -0.2) is 75.1 Å². The van der Waals surface area contributed by atoms with Crippen molar-refractivity contribution in [3.8, 4) is 11.5 Å². The molecule has 0 saturated carbocycles. The summed E-state index contributed by atoms with van der Waals surface area (Å²) in [6, 6.07) is 12.4. The third-order valence-electron chi connectivity index (χ3n) is 7.44. The first-order chi connectivity index (χ1) is 19.8. The maximum atomic E-state index is 13.3. The minimum Gasteiger partial charge on any atom is -0.459 e. The van der Waals surface area contributed by atoms with Gasteiger partial charge in [-0.2, -0.15) is 0 Å². The van der Waals surface area contributed by atoms with Crippen LogP contribution in [0.4, 0.5) is 0 Å². The molecule has 10 nitrogen and oxygen atoms in total. The topological polar surface area (TPSA) is 122 Å². The van der Waals surface area contributed by atoms with Crippen LogP contribution in [0.2, 0.25) is 5.02 Å². The molecule has 0 aliphatic carbocycles. The highest BCUT2D eigenvalue weighted by molar-refractivity contribution is 6.30. The first kappa shape index (κ1) is 29.6. The van der Waals surface area contributed by atoms with Gasteiger partial charge in [-0.05, 0) is 61.6 Å². The van der Waals surface area contributed by atoms with E-state index in [9.17, 15) is 14.7 Å². The van der Waals surface area contributed by atoms with Crippen LogP contribution in [0.3, 0.4) is 0 Å². The van der Waals surface area contributed by atoms with Gasteiger partial charge in [0.2, 0.25) is 0 Å². The molecule has 3 aliphatic rings. The summed E-state index contributed by atoms with van der Waals surface area (Å²) in [4.78, 5) is 26.6. The Hall–Kier alpha value is -2.89. The van der Waals surface area contributed by atoms with Crippen LogP contribution < -0.4 is 14.8 Å². The van der Waals surface area contributed by atoms with Crippen LogP contribution in [0.5, 0.6) is 11.5 Å². The van der Waals surface area contributed by atoms with E-state index >= 15 is 0 Å². The van der Waals surface area contributed by atoms with E-state index in [2.05, 4.69) is 5.32 Å². The molecule has 3 aliphatic heterocycles. The standard InChI is InChI=1S/C30H36ClNO9/c1-19(32-14-25(33)23-3-2-4-24(31)13-23)11-20-5-6-26-27(12-20)41-30(40-26,28(34)38-17-21-7-9-36-15-21)29(35)39-18-22-8-10-37-16-22/h2-6,12-13,19,21-22,25,32-33H,7-11,14-18H2,1H3/t19-,21?,22?,25+,30?/m1/s1. The molecule has 3 heterocycles. The number of ether oxygens (including phenoxy) is 6. The van der Waals surface area contributed by atoms with Gasteiger partial charge in [-0.15, -0.1) is 0 Å². The van der Waals surface area contributed by atoms with E-state index in [4.69, 9.17) is 40.0 Å². The number of halogens is 1. The van der Waals surface area contributed by atoms with E-state index in [1.54, 1.807) is 30.3 Å². The van der Waals surface area contributed by atoms with Crippen molar-refractivity contribution < 1.29 is 43.1 Å². The minimum absolute atomic E-state index is 0.00819. The molecule has 11 heteroatoms. The smallest absolute Gasteiger partial charge is 0.453 e. The summed E-state index contributed by atoms with van der Waals surface area (Å²) >= 11 is 6.04. The van der Waals surface area contributed by atoms with Crippen molar-refractivity contribution in [2.45, 2.75) is 44.1 Å². The van der Waals surface area contributed by atoms with Crippen LogP contribution in [0.25, 0.3) is 0 Å². The Morgan fingerprint density at radius 3 is 2.27 bits per heavy atom. The summed E-state index contributed by atoms with van der Waals surface area (Å²) in [6.07, 6.45) is 1.40. The fraction of sp³-hybridized carbons (Fsp3) is 0.533. The van der Waals surface area contributed by atoms with Crippen LogP contribution in [-0.2, 0) is 35.0 Å². The summed E-state index contributed by atoms with van der Waals surface area (Å²) in [5.74, 6) is -3.72. The van der Waals surface area contributed by atoms with E-state index in [0.29, 0.717) is 44.4 Å². The van der Waals surface area contributed by atoms with E-state index in [0.717, 1.165) is 24.0 Å². The van der Waals surface area contributed by atoms with Crippen LogP contribution in [0, 0.1) is 11.8 Å². The fourth-order valence-electron chi connectivity index (χ4n) is 5.00. The van der Waals surface area contributed by atoms with E-state index in [1.807, 2.05) is 19.1 Å². The number of carbonyl (C=O) groups excluding carboxylic acids is 2. The van der Waals surface area contributed by atoms with Gasteiger partial charge in [-0.3, -0.25) is 0 Å². The summed E-state index contributed by atoms with van der Waals surface area (Å²) in [5, 5.41) is 14.4. The third kappa shape index (κ3) is 7.31. The molecule has 2 aromatic rings. The first-order valence-corrected chi connectivity index (χ1v) is 14.4. The number of hydrogen-bond donors (Lipinski definition) is 2.